The molecule has 3 rings (SSSR count). The Bertz CT molecular complexity index is 521. The van der Waals surface area contributed by atoms with Crippen LogP contribution in [0.25, 0.3) is 0 Å². The van der Waals surface area contributed by atoms with E-state index in [1.807, 2.05) is 11.0 Å². The van der Waals surface area contributed by atoms with E-state index in [4.69, 9.17) is 0 Å². The van der Waals surface area contributed by atoms with E-state index in [0.29, 0.717) is 22.7 Å². The van der Waals surface area contributed by atoms with E-state index in [2.05, 4.69) is 43.2 Å². The summed E-state index contributed by atoms with van der Waals surface area (Å²) in [6.07, 6.45) is 3.96. The molecule has 5 heteroatoms. The Labute approximate surface area is 132 Å². The van der Waals surface area contributed by atoms with Gasteiger partial charge in [0, 0.05) is 37.4 Å². The SMILES string of the molecule is CC1(C)C(CNC(=O)N2CCCC(c3ccn[nH]3)C2)C1(C)C. The molecule has 0 aromatic carbocycles. The third-order valence-electron chi connectivity index (χ3n) is 6.45. The Kier molecular flexibility index (Phi) is 3.69. The van der Waals surface area contributed by atoms with E-state index < -0.39 is 0 Å². The first kappa shape index (κ1) is 15.4. The van der Waals surface area contributed by atoms with Gasteiger partial charge in [-0.3, -0.25) is 5.10 Å². The van der Waals surface area contributed by atoms with Crippen molar-refractivity contribution in [3.05, 3.63) is 18.0 Å². The predicted octanol–water partition coefficient (Wildman–Crippen LogP) is 2.98. The van der Waals surface area contributed by atoms with Crippen molar-refractivity contribution in [1.29, 1.82) is 0 Å². The molecule has 1 aliphatic heterocycles. The average molecular weight is 304 g/mol. The number of carbonyl (C=O) groups excluding carboxylic acids is 1. The molecule has 1 saturated carbocycles. The van der Waals surface area contributed by atoms with Crippen molar-refractivity contribution in [1.82, 2.24) is 20.4 Å². The molecule has 2 fully saturated rings. The lowest BCUT2D eigenvalue weighted by atomic mass is 9.95. The monoisotopic (exact) mass is 304 g/mol. The molecule has 1 atom stereocenters. The minimum absolute atomic E-state index is 0.0858. The maximum absolute atomic E-state index is 12.5. The molecule has 2 heterocycles. The molecule has 1 unspecified atom stereocenters. The van der Waals surface area contributed by atoms with Crippen LogP contribution in [0.15, 0.2) is 12.3 Å². The van der Waals surface area contributed by atoms with Crippen LogP contribution in [0.1, 0.15) is 52.1 Å². The molecule has 5 nitrogen and oxygen atoms in total. The molecule has 122 valence electrons. The second kappa shape index (κ2) is 5.28. The van der Waals surface area contributed by atoms with E-state index in [0.717, 1.165) is 38.2 Å². The summed E-state index contributed by atoms with van der Waals surface area (Å²) in [5.74, 6) is 0.952. The number of piperidine rings is 1. The van der Waals surface area contributed by atoms with Crippen molar-refractivity contribution in [2.45, 2.75) is 46.5 Å². The third-order valence-corrected chi connectivity index (χ3v) is 6.45. The van der Waals surface area contributed by atoms with Gasteiger partial charge in [0.15, 0.2) is 0 Å². The molecule has 2 amide bonds. The van der Waals surface area contributed by atoms with Crippen LogP contribution in [0.3, 0.4) is 0 Å². The molecule has 0 spiro atoms. The zero-order valence-corrected chi connectivity index (χ0v) is 14.1. The summed E-state index contributed by atoms with van der Waals surface area (Å²) in [6.45, 7) is 11.6. The lowest BCUT2D eigenvalue weighted by Crippen LogP contribution is -2.45. The van der Waals surface area contributed by atoms with Crippen LogP contribution in [0.5, 0.6) is 0 Å². The van der Waals surface area contributed by atoms with Gasteiger partial charge in [-0.25, -0.2) is 4.79 Å². The Balaban J connectivity index is 1.52. The maximum Gasteiger partial charge on any atom is 0.317 e. The Morgan fingerprint density at radius 3 is 2.73 bits per heavy atom. The molecular weight excluding hydrogens is 276 g/mol. The van der Waals surface area contributed by atoms with Gasteiger partial charge >= 0.3 is 6.03 Å². The first-order valence-electron chi connectivity index (χ1n) is 8.36. The van der Waals surface area contributed by atoms with Crippen molar-refractivity contribution in [3.8, 4) is 0 Å². The van der Waals surface area contributed by atoms with Crippen molar-refractivity contribution < 1.29 is 4.79 Å². The van der Waals surface area contributed by atoms with Crippen LogP contribution in [-0.4, -0.2) is 40.8 Å². The van der Waals surface area contributed by atoms with Gasteiger partial charge in [0.25, 0.3) is 0 Å². The van der Waals surface area contributed by atoms with Gasteiger partial charge in [-0.05, 0) is 35.7 Å². The normalized spacial score (nSPS) is 26.7. The van der Waals surface area contributed by atoms with E-state index >= 15 is 0 Å². The van der Waals surface area contributed by atoms with E-state index in [1.54, 1.807) is 6.20 Å². The molecule has 1 aromatic heterocycles. The number of urea groups is 1. The fourth-order valence-electron chi connectivity index (χ4n) is 4.05. The highest BCUT2D eigenvalue weighted by Crippen LogP contribution is 2.67. The lowest BCUT2D eigenvalue weighted by Gasteiger charge is -2.32. The Morgan fingerprint density at radius 1 is 1.41 bits per heavy atom. The molecule has 0 radical (unpaired) electrons. The Hall–Kier alpha value is -1.52. The number of carbonyl (C=O) groups is 1. The minimum Gasteiger partial charge on any atom is -0.338 e. The number of H-pyrrole nitrogens is 1. The molecule has 1 aromatic rings. The number of aromatic amines is 1. The zero-order chi connectivity index (χ0) is 16.0. The van der Waals surface area contributed by atoms with Crippen molar-refractivity contribution in [2.75, 3.05) is 19.6 Å². The summed E-state index contributed by atoms with van der Waals surface area (Å²) in [7, 11) is 0. The number of nitrogens with zero attached hydrogens (tertiary/aromatic N) is 2. The second-order valence-corrected chi connectivity index (χ2v) is 7.98. The van der Waals surface area contributed by atoms with Crippen molar-refractivity contribution in [2.24, 2.45) is 16.7 Å². The van der Waals surface area contributed by atoms with Crippen LogP contribution in [-0.2, 0) is 0 Å². The lowest BCUT2D eigenvalue weighted by molar-refractivity contribution is 0.178. The van der Waals surface area contributed by atoms with Gasteiger partial charge in [0.1, 0.15) is 0 Å². The summed E-state index contributed by atoms with van der Waals surface area (Å²) < 4.78 is 0. The predicted molar refractivity (Wildman–Crippen MR) is 86.6 cm³/mol. The molecule has 2 aliphatic rings. The fourth-order valence-corrected chi connectivity index (χ4v) is 4.05. The van der Waals surface area contributed by atoms with Crippen LogP contribution in [0.4, 0.5) is 4.79 Å². The molecule has 2 N–H and O–H groups in total. The minimum atomic E-state index is 0.0858. The highest BCUT2D eigenvalue weighted by atomic mass is 16.2. The molecular formula is C17H28N4O. The zero-order valence-electron chi connectivity index (χ0n) is 14.1. The molecule has 0 bridgehead atoms. The van der Waals surface area contributed by atoms with Crippen molar-refractivity contribution >= 4 is 6.03 Å². The number of nitrogens with one attached hydrogen (secondary N) is 2. The number of hydrogen-bond donors (Lipinski definition) is 2. The molecule has 1 saturated heterocycles. The maximum atomic E-state index is 12.5. The Morgan fingerprint density at radius 2 is 2.14 bits per heavy atom. The number of rotatable bonds is 3. The molecule has 1 aliphatic carbocycles. The number of amides is 2. The second-order valence-electron chi connectivity index (χ2n) is 7.98. The fraction of sp³-hybridized carbons (Fsp3) is 0.765. The number of hydrogen-bond acceptors (Lipinski definition) is 2. The summed E-state index contributed by atoms with van der Waals surface area (Å²) in [5.41, 5.74) is 1.78. The highest BCUT2D eigenvalue weighted by Gasteiger charge is 2.64. The van der Waals surface area contributed by atoms with Gasteiger partial charge in [-0.2, -0.15) is 5.10 Å². The largest absolute Gasteiger partial charge is 0.338 e. The smallest absolute Gasteiger partial charge is 0.317 e. The van der Waals surface area contributed by atoms with E-state index in [9.17, 15) is 4.79 Å². The first-order chi connectivity index (χ1) is 10.3. The van der Waals surface area contributed by atoms with Crippen LogP contribution >= 0.6 is 0 Å². The summed E-state index contributed by atoms with van der Waals surface area (Å²) in [4.78, 5) is 14.4. The van der Waals surface area contributed by atoms with Gasteiger partial charge in [-0.15, -0.1) is 0 Å². The number of likely N-dealkylation sites (tertiary alicyclic amines) is 1. The molecule has 22 heavy (non-hydrogen) atoms. The quantitative estimate of drug-likeness (QED) is 0.902. The van der Waals surface area contributed by atoms with Gasteiger partial charge in [0.05, 0.1) is 0 Å². The first-order valence-corrected chi connectivity index (χ1v) is 8.36. The van der Waals surface area contributed by atoms with Gasteiger partial charge < -0.3 is 10.2 Å². The van der Waals surface area contributed by atoms with E-state index in [-0.39, 0.29) is 6.03 Å². The standard InChI is InChI=1S/C17H28N4O/c1-16(2)14(17(16,3)4)10-18-15(22)21-9-5-6-12(11-21)13-7-8-19-20-13/h7-8,12,14H,5-6,9-11H2,1-4H3,(H,18,22)(H,19,20). The topological polar surface area (TPSA) is 61.0 Å². The summed E-state index contributed by atoms with van der Waals surface area (Å²) in [5, 5.41) is 10.2. The average Bonchev–Trinajstić information content (AvgIpc) is 2.90. The third kappa shape index (κ3) is 2.50. The van der Waals surface area contributed by atoms with E-state index in [1.165, 1.54) is 0 Å². The number of aromatic nitrogens is 2. The van der Waals surface area contributed by atoms with Crippen LogP contribution in [0, 0.1) is 16.7 Å². The van der Waals surface area contributed by atoms with Gasteiger partial charge in [0.2, 0.25) is 0 Å². The summed E-state index contributed by atoms with van der Waals surface area (Å²) in [6, 6.07) is 2.10. The van der Waals surface area contributed by atoms with Crippen molar-refractivity contribution in [3.63, 3.8) is 0 Å². The highest BCUT2D eigenvalue weighted by molar-refractivity contribution is 5.74. The van der Waals surface area contributed by atoms with Crippen LogP contribution in [0.2, 0.25) is 0 Å². The summed E-state index contributed by atoms with van der Waals surface area (Å²) >= 11 is 0. The van der Waals surface area contributed by atoms with Crippen LogP contribution < -0.4 is 5.32 Å². The van der Waals surface area contributed by atoms with Gasteiger partial charge in [-0.1, -0.05) is 27.7 Å².